The highest BCUT2D eigenvalue weighted by atomic mass is 16.5. The van der Waals surface area contributed by atoms with Crippen LogP contribution in [0.2, 0.25) is 0 Å². The number of aryl methyl sites for hydroxylation is 1. The van der Waals surface area contributed by atoms with Crippen LogP contribution in [-0.2, 0) is 23.0 Å². The molecule has 4 rings (SSSR count). The molecular weight excluding hydrogens is 382 g/mol. The van der Waals surface area contributed by atoms with E-state index in [1.165, 1.54) is 11.8 Å². The van der Waals surface area contributed by atoms with Crippen LogP contribution >= 0.6 is 0 Å². The first-order valence-corrected chi connectivity index (χ1v) is 9.47. The third-order valence-electron chi connectivity index (χ3n) is 4.81. The number of rotatable bonds is 6. The van der Waals surface area contributed by atoms with Crippen LogP contribution < -0.4 is 5.32 Å². The number of imidazole rings is 1. The van der Waals surface area contributed by atoms with Crippen LogP contribution in [0.3, 0.4) is 0 Å². The zero-order valence-electron chi connectivity index (χ0n) is 16.6. The van der Waals surface area contributed by atoms with Gasteiger partial charge in [-0.3, -0.25) is 9.48 Å². The molecule has 0 aliphatic rings. The molecule has 0 fully saturated rings. The van der Waals surface area contributed by atoms with Crippen LogP contribution in [0.4, 0.5) is 0 Å². The normalized spacial score (nSPS) is 11.9. The first-order valence-electron chi connectivity index (χ1n) is 9.47. The summed E-state index contributed by atoms with van der Waals surface area (Å²) in [7, 11) is 2.98. The summed E-state index contributed by atoms with van der Waals surface area (Å²) in [6, 6.07) is 17.9. The monoisotopic (exact) mass is 403 g/mol. The molecule has 0 radical (unpaired) electrons. The van der Waals surface area contributed by atoms with Gasteiger partial charge in [0.25, 0.3) is 5.91 Å². The van der Waals surface area contributed by atoms with Gasteiger partial charge in [-0.25, -0.2) is 9.78 Å². The van der Waals surface area contributed by atoms with Gasteiger partial charge in [0.15, 0.2) is 0 Å². The van der Waals surface area contributed by atoms with Crippen molar-refractivity contribution < 1.29 is 14.3 Å². The molecular formula is C22H21N5O3. The van der Waals surface area contributed by atoms with Gasteiger partial charge in [0.05, 0.1) is 23.8 Å². The van der Waals surface area contributed by atoms with Crippen molar-refractivity contribution in [1.82, 2.24) is 25.1 Å². The number of hydrogen-bond donors (Lipinski definition) is 2. The van der Waals surface area contributed by atoms with Gasteiger partial charge in [0.1, 0.15) is 17.6 Å². The quantitative estimate of drug-likeness (QED) is 0.482. The Morgan fingerprint density at radius 2 is 1.87 bits per heavy atom. The minimum absolute atomic E-state index is 0.177. The molecule has 4 aromatic rings. The highest BCUT2D eigenvalue weighted by Crippen LogP contribution is 2.18. The summed E-state index contributed by atoms with van der Waals surface area (Å²) < 4.78 is 6.38. The average molecular weight is 403 g/mol. The Bertz CT molecular complexity index is 1160. The lowest BCUT2D eigenvalue weighted by Gasteiger charge is -2.15. The molecule has 0 spiro atoms. The number of carbonyl (C=O) groups is 2. The summed E-state index contributed by atoms with van der Waals surface area (Å²) in [6.07, 6.45) is 0.177. The van der Waals surface area contributed by atoms with Crippen LogP contribution in [0.25, 0.3) is 22.3 Å². The van der Waals surface area contributed by atoms with Crippen LogP contribution in [0, 0.1) is 0 Å². The number of amides is 1. The molecule has 2 N–H and O–H groups in total. The van der Waals surface area contributed by atoms with Gasteiger partial charge in [0, 0.05) is 19.0 Å². The summed E-state index contributed by atoms with van der Waals surface area (Å²) in [5.74, 6) is -0.380. The maximum atomic E-state index is 12.9. The molecule has 8 heteroatoms. The van der Waals surface area contributed by atoms with Crippen molar-refractivity contribution in [2.45, 2.75) is 12.5 Å². The predicted molar refractivity (Wildman–Crippen MR) is 112 cm³/mol. The summed E-state index contributed by atoms with van der Waals surface area (Å²) >= 11 is 0. The summed E-state index contributed by atoms with van der Waals surface area (Å²) in [5.41, 5.74) is 3.57. The minimum Gasteiger partial charge on any atom is -0.467 e. The van der Waals surface area contributed by atoms with E-state index in [0.717, 1.165) is 16.6 Å². The van der Waals surface area contributed by atoms with Crippen molar-refractivity contribution in [2.75, 3.05) is 7.11 Å². The second-order valence-corrected chi connectivity index (χ2v) is 6.86. The number of nitrogens with one attached hydrogen (secondary N) is 2. The minimum atomic E-state index is -0.891. The number of ether oxygens (including phenoxy) is 1. The van der Waals surface area contributed by atoms with Crippen molar-refractivity contribution in [3.05, 3.63) is 72.2 Å². The topological polar surface area (TPSA) is 102 Å². The lowest BCUT2D eigenvalue weighted by molar-refractivity contribution is -0.142. The number of hydrogen-bond acceptors (Lipinski definition) is 5. The molecule has 2 aromatic carbocycles. The van der Waals surface area contributed by atoms with Gasteiger partial charge in [-0.05, 0) is 18.2 Å². The van der Waals surface area contributed by atoms with E-state index in [9.17, 15) is 9.59 Å². The Morgan fingerprint density at radius 3 is 2.60 bits per heavy atom. The van der Waals surface area contributed by atoms with E-state index in [-0.39, 0.29) is 6.42 Å². The third-order valence-corrected chi connectivity index (χ3v) is 4.81. The van der Waals surface area contributed by atoms with Crippen LogP contribution in [0.15, 0.2) is 60.7 Å². The molecule has 30 heavy (non-hydrogen) atoms. The van der Waals surface area contributed by atoms with Crippen LogP contribution in [0.1, 0.15) is 16.3 Å². The first kappa shape index (κ1) is 19.4. The number of aromatic amines is 1. The van der Waals surface area contributed by atoms with Gasteiger partial charge in [0.2, 0.25) is 0 Å². The molecule has 0 saturated heterocycles. The van der Waals surface area contributed by atoms with Crippen molar-refractivity contribution in [2.24, 2.45) is 7.05 Å². The van der Waals surface area contributed by atoms with Crippen molar-refractivity contribution in [3.8, 4) is 11.3 Å². The average Bonchev–Trinajstić information content (AvgIpc) is 3.36. The van der Waals surface area contributed by atoms with Gasteiger partial charge >= 0.3 is 5.97 Å². The highest BCUT2D eigenvalue weighted by molar-refractivity contribution is 5.96. The van der Waals surface area contributed by atoms with Crippen LogP contribution in [0.5, 0.6) is 0 Å². The molecule has 8 nitrogen and oxygen atoms in total. The molecule has 0 unspecified atom stereocenters. The number of esters is 1. The van der Waals surface area contributed by atoms with E-state index in [1.54, 1.807) is 13.1 Å². The Balaban J connectivity index is 1.55. The second kappa shape index (κ2) is 8.20. The summed E-state index contributed by atoms with van der Waals surface area (Å²) in [4.78, 5) is 32.8. The summed E-state index contributed by atoms with van der Waals surface area (Å²) in [5, 5.41) is 7.16. The van der Waals surface area contributed by atoms with E-state index >= 15 is 0 Å². The number of benzene rings is 2. The Morgan fingerprint density at radius 1 is 1.13 bits per heavy atom. The zero-order valence-corrected chi connectivity index (χ0v) is 16.6. The lowest BCUT2D eigenvalue weighted by atomic mass is 10.1. The number of methoxy groups -OCH3 is 1. The zero-order chi connectivity index (χ0) is 21.1. The number of aromatic nitrogens is 4. The smallest absolute Gasteiger partial charge is 0.328 e. The largest absolute Gasteiger partial charge is 0.467 e. The number of nitrogens with zero attached hydrogens (tertiary/aromatic N) is 3. The van der Waals surface area contributed by atoms with Crippen molar-refractivity contribution >= 4 is 22.9 Å². The van der Waals surface area contributed by atoms with Gasteiger partial charge in [-0.15, -0.1) is 0 Å². The predicted octanol–water partition coefficient (Wildman–Crippen LogP) is 2.48. The standard InChI is InChI=1S/C22H21N5O3/c1-27-19(12-17(26-27)14-8-4-3-5-9-14)21(28)25-18(22(29)30-2)13-20-23-15-10-6-7-11-16(15)24-20/h3-12,18H,13H2,1-2H3,(H,23,24)(H,25,28)/t18-/m1/s1. The molecule has 0 saturated carbocycles. The van der Waals surface area contributed by atoms with Crippen molar-refractivity contribution in [3.63, 3.8) is 0 Å². The third kappa shape index (κ3) is 3.93. The fourth-order valence-electron chi connectivity index (χ4n) is 3.29. The van der Waals surface area contributed by atoms with E-state index in [0.29, 0.717) is 17.2 Å². The lowest BCUT2D eigenvalue weighted by Crippen LogP contribution is -2.43. The molecule has 0 aliphatic heterocycles. The first-order chi connectivity index (χ1) is 14.5. The Labute approximate surface area is 172 Å². The maximum Gasteiger partial charge on any atom is 0.328 e. The van der Waals surface area contributed by atoms with E-state index in [1.807, 2.05) is 54.6 Å². The van der Waals surface area contributed by atoms with Gasteiger partial charge < -0.3 is 15.0 Å². The highest BCUT2D eigenvalue weighted by Gasteiger charge is 2.25. The van der Waals surface area contributed by atoms with E-state index in [2.05, 4.69) is 20.4 Å². The van der Waals surface area contributed by atoms with Crippen molar-refractivity contribution in [1.29, 1.82) is 0 Å². The van der Waals surface area contributed by atoms with Crippen LogP contribution in [-0.4, -0.2) is 44.8 Å². The molecule has 1 atom stereocenters. The molecule has 0 aliphatic carbocycles. The summed E-state index contributed by atoms with van der Waals surface area (Å²) in [6.45, 7) is 0. The number of para-hydroxylation sites is 2. The van der Waals surface area contributed by atoms with E-state index < -0.39 is 17.9 Å². The Kier molecular flexibility index (Phi) is 5.30. The van der Waals surface area contributed by atoms with Gasteiger partial charge in [-0.1, -0.05) is 42.5 Å². The number of fused-ring (bicyclic) bond motifs is 1. The fourth-order valence-corrected chi connectivity index (χ4v) is 3.29. The second-order valence-electron chi connectivity index (χ2n) is 6.86. The molecule has 2 aromatic heterocycles. The molecule has 1 amide bonds. The van der Waals surface area contributed by atoms with E-state index in [4.69, 9.17) is 4.74 Å². The molecule has 2 heterocycles. The van der Waals surface area contributed by atoms with Gasteiger partial charge in [-0.2, -0.15) is 5.10 Å². The molecule has 152 valence electrons. The Hall–Kier alpha value is -3.94. The number of carbonyl (C=O) groups excluding carboxylic acids is 2. The molecule has 0 bridgehead atoms. The fraction of sp³-hybridized carbons (Fsp3) is 0.182. The SMILES string of the molecule is COC(=O)[C@@H](Cc1nc2ccccc2[nH]1)NC(=O)c1cc(-c2ccccc2)nn1C. The maximum absolute atomic E-state index is 12.9. The number of H-pyrrole nitrogens is 1.